The van der Waals surface area contributed by atoms with E-state index in [4.69, 9.17) is 4.74 Å². The molecule has 32 heavy (non-hydrogen) atoms. The molecule has 2 aliphatic rings. The minimum atomic E-state index is -0.261. The van der Waals surface area contributed by atoms with Gasteiger partial charge in [-0.15, -0.1) is 0 Å². The summed E-state index contributed by atoms with van der Waals surface area (Å²) in [5.41, 5.74) is 6.04. The lowest BCUT2D eigenvalue weighted by molar-refractivity contribution is -0.115. The van der Waals surface area contributed by atoms with Gasteiger partial charge < -0.3 is 4.74 Å². The molecule has 5 rings (SSSR count). The number of para-hydroxylation sites is 1. The van der Waals surface area contributed by atoms with E-state index in [1.54, 1.807) is 0 Å². The fourth-order valence-electron chi connectivity index (χ4n) is 4.37. The van der Waals surface area contributed by atoms with Gasteiger partial charge in [-0.2, -0.15) is 0 Å². The van der Waals surface area contributed by atoms with Crippen LogP contribution in [0, 0.1) is 6.92 Å². The number of aryl methyl sites for hydroxylation is 1. The first-order chi connectivity index (χ1) is 15.7. The summed E-state index contributed by atoms with van der Waals surface area (Å²) in [7, 11) is 0. The third-order valence-corrected chi connectivity index (χ3v) is 5.96. The van der Waals surface area contributed by atoms with Crippen molar-refractivity contribution >= 4 is 17.7 Å². The number of anilines is 1. The number of hydrogen-bond acceptors (Lipinski definition) is 2. The maximum Gasteiger partial charge on any atom is 0.258 e. The van der Waals surface area contributed by atoms with Crippen molar-refractivity contribution in [1.29, 1.82) is 0 Å². The third kappa shape index (κ3) is 3.78. The van der Waals surface area contributed by atoms with Gasteiger partial charge in [-0.1, -0.05) is 96.6 Å². The number of rotatable bonds is 4. The van der Waals surface area contributed by atoms with E-state index in [1.807, 2.05) is 53.4 Å². The number of carbonyl (C=O) groups is 1. The van der Waals surface area contributed by atoms with Gasteiger partial charge in [-0.3, -0.25) is 9.69 Å². The predicted molar refractivity (Wildman–Crippen MR) is 129 cm³/mol. The van der Waals surface area contributed by atoms with Gasteiger partial charge in [0.15, 0.2) is 0 Å². The van der Waals surface area contributed by atoms with Gasteiger partial charge in [0, 0.05) is 17.7 Å². The molecular formula is C29H25NO2. The van der Waals surface area contributed by atoms with E-state index in [1.165, 1.54) is 5.56 Å². The Morgan fingerprint density at radius 2 is 1.59 bits per heavy atom. The van der Waals surface area contributed by atoms with Crippen LogP contribution < -0.4 is 4.90 Å². The molecule has 0 N–H and O–H groups in total. The number of nitrogens with zero attached hydrogens (tertiary/aromatic N) is 1. The van der Waals surface area contributed by atoms with Crippen molar-refractivity contribution in [2.45, 2.75) is 19.4 Å². The van der Waals surface area contributed by atoms with E-state index >= 15 is 0 Å². The van der Waals surface area contributed by atoms with Gasteiger partial charge in [0.1, 0.15) is 5.76 Å². The molecule has 2 heterocycles. The highest BCUT2D eigenvalue weighted by atomic mass is 16.5. The number of hydrogen-bond donors (Lipinski definition) is 0. The van der Waals surface area contributed by atoms with E-state index in [0.717, 1.165) is 33.7 Å². The summed E-state index contributed by atoms with van der Waals surface area (Å²) in [4.78, 5) is 15.6. The molecule has 0 saturated carbocycles. The number of benzene rings is 3. The van der Waals surface area contributed by atoms with Crippen molar-refractivity contribution in [3.8, 4) is 0 Å². The highest BCUT2D eigenvalue weighted by Crippen LogP contribution is 2.45. The maximum absolute atomic E-state index is 13.6. The SMILES string of the molecule is Cc1ccc([C@H]2/C(=C\C=C\c3ccccc3)C3=C(CCO3)C(=O)N2c2ccccc2)cc1. The quantitative estimate of drug-likeness (QED) is 0.490. The van der Waals surface area contributed by atoms with E-state index in [-0.39, 0.29) is 11.9 Å². The predicted octanol–water partition coefficient (Wildman–Crippen LogP) is 6.40. The van der Waals surface area contributed by atoms with Crippen LogP contribution in [-0.2, 0) is 9.53 Å². The molecule has 158 valence electrons. The monoisotopic (exact) mass is 419 g/mol. The number of carbonyl (C=O) groups excluding carboxylic acids is 1. The summed E-state index contributed by atoms with van der Waals surface area (Å²) in [5.74, 6) is 0.768. The topological polar surface area (TPSA) is 29.5 Å². The molecule has 1 amide bonds. The van der Waals surface area contributed by atoms with Crippen molar-refractivity contribution < 1.29 is 9.53 Å². The van der Waals surface area contributed by atoms with Gasteiger partial charge in [0.05, 0.1) is 18.2 Å². The van der Waals surface area contributed by atoms with Gasteiger partial charge in [-0.05, 0) is 30.2 Å². The number of amides is 1. The second-order valence-corrected chi connectivity index (χ2v) is 8.12. The third-order valence-electron chi connectivity index (χ3n) is 5.96. The molecule has 3 heteroatoms. The molecule has 0 fully saturated rings. The van der Waals surface area contributed by atoms with Crippen LogP contribution in [0.5, 0.6) is 0 Å². The van der Waals surface area contributed by atoms with Gasteiger partial charge >= 0.3 is 0 Å². The Morgan fingerprint density at radius 3 is 2.31 bits per heavy atom. The van der Waals surface area contributed by atoms with Crippen molar-refractivity contribution in [3.05, 3.63) is 131 Å². The zero-order valence-corrected chi connectivity index (χ0v) is 18.1. The Balaban J connectivity index is 1.67. The van der Waals surface area contributed by atoms with E-state index in [2.05, 4.69) is 61.5 Å². The minimum Gasteiger partial charge on any atom is -0.492 e. The fraction of sp³-hybridized carbons (Fsp3) is 0.138. The normalized spacial score (nSPS) is 19.5. The molecule has 3 nitrogen and oxygen atoms in total. The number of ether oxygens (including phenoxy) is 1. The first kappa shape index (κ1) is 20.1. The zero-order valence-electron chi connectivity index (χ0n) is 18.1. The van der Waals surface area contributed by atoms with Crippen molar-refractivity contribution in [2.24, 2.45) is 0 Å². The fourth-order valence-corrected chi connectivity index (χ4v) is 4.37. The highest BCUT2D eigenvalue weighted by molar-refractivity contribution is 6.09. The molecule has 1 atom stereocenters. The lowest BCUT2D eigenvalue weighted by Gasteiger charge is -2.38. The lowest BCUT2D eigenvalue weighted by Crippen LogP contribution is -2.40. The molecule has 0 aromatic heterocycles. The van der Waals surface area contributed by atoms with Gasteiger partial charge in [0.2, 0.25) is 0 Å². The van der Waals surface area contributed by atoms with Crippen LogP contribution in [0.15, 0.2) is 114 Å². The van der Waals surface area contributed by atoms with Crippen LogP contribution in [-0.4, -0.2) is 12.5 Å². The Morgan fingerprint density at radius 1 is 0.906 bits per heavy atom. The summed E-state index contributed by atoms with van der Waals surface area (Å²) in [5, 5.41) is 0. The Bertz CT molecular complexity index is 1210. The smallest absolute Gasteiger partial charge is 0.258 e. The summed E-state index contributed by atoms with van der Waals surface area (Å²) in [6.45, 7) is 2.62. The second kappa shape index (κ2) is 8.72. The maximum atomic E-state index is 13.6. The van der Waals surface area contributed by atoms with E-state index < -0.39 is 0 Å². The standard InChI is InChI=1S/C29H25NO2/c1-21-15-17-23(18-16-21)27-25(14-8-11-22-9-4-2-5-10-22)28-26(19-20-32-28)29(31)30(27)24-12-6-3-7-13-24/h2-18,27H,19-20H2,1H3/b11-8+,25-14+/t27-/m0/s1. The van der Waals surface area contributed by atoms with Crippen LogP contribution in [0.25, 0.3) is 6.08 Å². The summed E-state index contributed by atoms with van der Waals surface area (Å²) in [6, 6.07) is 28.3. The molecule has 0 bridgehead atoms. The molecule has 0 saturated heterocycles. The summed E-state index contributed by atoms with van der Waals surface area (Å²) in [6.07, 6.45) is 6.87. The van der Waals surface area contributed by atoms with Crippen LogP contribution in [0.3, 0.4) is 0 Å². The van der Waals surface area contributed by atoms with Crippen molar-refractivity contribution in [1.82, 2.24) is 0 Å². The van der Waals surface area contributed by atoms with Crippen LogP contribution >= 0.6 is 0 Å². The van der Waals surface area contributed by atoms with Crippen molar-refractivity contribution in [2.75, 3.05) is 11.5 Å². The minimum absolute atomic E-state index is 0.0264. The van der Waals surface area contributed by atoms with Crippen molar-refractivity contribution in [3.63, 3.8) is 0 Å². The molecule has 3 aromatic rings. The lowest BCUT2D eigenvalue weighted by atomic mass is 9.87. The summed E-state index contributed by atoms with van der Waals surface area (Å²) < 4.78 is 6.03. The average molecular weight is 420 g/mol. The van der Waals surface area contributed by atoms with Crippen LogP contribution in [0.4, 0.5) is 5.69 Å². The van der Waals surface area contributed by atoms with Gasteiger partial charge in [0.25, 0.3) is 5.91 Å². The highest BCUT2D eigenvalue weighted by Gasteiger charge is 2.42. The first-order valence-corrected chi connectivity index (χ1v) is 11.0. The molecule has 3 aromatic carbocycles. The molecule has 0 aliphatic carbocycles. The zero-order chi connectivity index (χ0) is 21.9. The molecule has 0 spiro atoms. The van der Waals surface area contributed by atoms with Crippen LogP contribution in [0.1, 0.15) is 29.2 Å². The Kier molecular flexibility index (Phi) is 5.47. The average Bonchev–Trinajstić information content (AvgIpc) is 3.33. The summed E-state index contributed by atoms with van der Waals surface area (Å²) >= 11 is 0. The first-order valence-electron chi connectivity index (χ1n) is 11.0. The van der Waals surface area contributed by atoms with Gasteiger partial charge in [-0.25, -0.2) is 0 Å². The Labute approximate surface area is 189 Å². The Hall–Kier alpha value is -3.85. The van der Waals surface area contributed by atoms with Crippen LogP contribution in [0.2, 0.25) is 0 Å². The van der Waals surface area contributed by atoms with E-state index in [9.17, 15) is 4.79 Å². The molecule has 0 radical (unpaired) electrons. The van der Waals surface area contributed by atoms with E-state index in [0.29, 0.717) is 13.0 Å². The molecule has 2 aliphatic heterocycles. The number of allylic oxidation sites excluding steroid dienone is 2. The largest absolute Gasteiger partial charge is 0.492 e. The molecule has 0 unspecified atom stereocenters. The second-order valence-electron chi connectivity index (χ2n) is 8.12. The molecular weight excluding hydrogens is 394 g/mol.